The number of anilines is 4. The zero-order valence-corrected chi connectivity index (χ0v) is 20.2. The Morgan fingerprint density at radius 2 is 2.00 bits per heavy atom. The minimum atomic E-state index is -0.779. The normalized spacial score (nSPS) is 20.6. The van der Waals surface area contributed by atoms with Crippen molar-refractivity contribution in [3.8, 4) is 5.75 Å². The number of carbonyl (C=O) groups is 1. The molecule has 34 heavy (non-hydrogen) atoms. The Morgan fingerprint density at radius 3 is 2.65 bits per heavy atom. The van der Waals surface area contributed by atoms with Gasteiger partial charge in [0.2, 0.25) is 11.9 Å². The average Bonchev–Trinajstić information content (AvgIpc) is 3.34. The lowest BCUT2D eigenvalue weighted by molar-refractivity contribution is -0.131. The Balaban J connectivity index is 1.51. The van der Waals surface area contributed by atoms with Gasteiger partial charge < -0.3 is 25.0 Å². The molecule has 2 aliphatic carbocycles. The number of aromatic nitrogens is 2. The van der Waals surface area contributed by atoms with Crippen molar-refractivity contribution < 1.29 is 14.6 Å². The first kappa shape index (κ1) is 22.9. The van der Waals surface area contributed by atoms with Crippen molar-refractivity contribution in [2.24, 2.45) is 5.41 Å². The molecule has 2 aromatic rings. The standard InChI is InChI=1S/C25H34N6O3/c1-26-22(32)16-9-10-18(20(13-16)34-3)28-24-27-14-19-21(29-24)31(17-7-4-5-8-17)15-25(11-6-12-25)23(33)30(19)2/h9-10,13-14,17,22,26,32H,4-8,11-12,15H2,1-3H3,(H,27,28,29). The molecule has 1 unspecified atom stereocenters. The van der Waals surface area contributed by atoms with E-state index < -0.39 is 6.23 Å². The molecule has 2 saturated carbocycles. The van der Waals surface area contributed by atoms with Crippen LogP contribution in [0.15, 0.2) is 24.4 Å². The van der Waals surface area contributed by atoms with Crippen LogP contribution < -0.4 is 25.2 Å². The monoisotopic (exact) mass is 466 g/mol. The van der Waals surface area contributed by atoms with E-state index in [1.54, 1.807) is 31.3 Å². The average molecular weight is 467 g/mol. The fraction of sp³-hybridized carbons (Fsp3) is 0.560. The van der Waals surface area contributed by atoms with Crippen LogP contribution in [0.4, 0.5) is 23.1 Å². The van der Waals surface area contributed by atoms with Gasteiger partial charge in [0.1, 0.15) is 17.7 Å². The first-order valence-corrected chi connectivity index (χ1v) is 12.2. The van der Waals surface area contributed by atoms with E-state index in [9.17, 15) is 9.90 Å². The lowest BCUT2D eigenvalue weighted by Crippen LogP contribution is -2.52. The minimum Gasteiger partial charge on any atom is -0.495 e. The van der Waals surface area contributed by atoms with E-state index in [4.69, 9.17) is 9.72 Å². The molecule has 3 N–H and O–H groups in total. The summed E-state index contributed by atoms with van der Waals surface area (Å²) in [6.07, 6.45) is 8.64. The number of carbonyl (C=O) groups excluding carboxylic acids is 1. The summed E-state index contributed by atoms with van der Waals surface area (Å²) in [4.78, 5) is 27.1. The maximum absolute atomic E-state index is 13.4. The van der Waals surface area contributed by atoms with Gasteiger partial charge in [-0.25, -0.2) is 4.98 Å². The number of nitrogens with one attached hydrogen (secondary N) is 2. The van der Waals surface area contributed by atoms with Crippen LogP contribution in [0, 0.1) is 5.41 Å². The summed E-state index contributed by atoms with van der Waals surface area (Å²) in [5, 5.41) is 16.2. The third-order valence-corrected chi connectivity index (χ3v) is 7.75. The quantitative estimate of drug-likeness (QED) is 0.557. The fourth-order valence-corrected chi connectivity index (χ4v) is 5.57. The number of rotatable bonds is 6. The zero-order chi connectivity index (χ0) is 23.9. The zero-order valence-electron chi connectivity index (χ0n) is 20.2. The number of methoxy groups -OCH3 is 1. The van der Waals surface area contributed by atoms with Crippen LogP contribution in [0.25, 0.3) is 0 Å². The number of amides is 1. The van der Waals surface area contributed by atoms with Gasteiger partial charge in [-0.05, 0) is 50.4 Å². The van der Waals surface area contributed by atoms with Crippen LogP contribution in [-0.2, 0) is 4.79 Å². The van der Waals surface area contributed by atoms with E-state index >= 15 is 0 Å². The highest BCUT2D eigenvalue weighted by molar-refractivity contribution is 6.01. The highest BCUT2D eigenvalue weighted by atomic mass is 16.5. The van der Waals surface area contributed by atoms with Crippen molar-refractivity contribution >= 4 is 29.0 Å². The first-order valence-electron chi connectivity index (χ1n) is 12.2. The lowest BCUT2D eigenvalue weighted by Gasteiger charge is -2.44. The molecule has 1 spiro atoms. The Morgan fingerprint density at radius 1 is 1.24 bits per heavy atom. The second-order valence-corrected chi connectivity index (χ2v) is 9.74. The molecule has 0 saturated heterocycles. The first-order chi connectivity index (χ1) is 16.5. The maximum Gasteiger partial charge on any atom is 0.234 e. The Bertz CT molecular complexity index is 1070. The minimum absolute atomic E-state index is 0.185. The second kappa shape index (κ2) is 9.03. The van der Waals surface area contributed by atoms with Crippen molar-refractivity contribution in [2.45, 2.75) is 57.2 Å². The number of nitrogens with zero attached hydrogens (tertiary/aromatic N) is 4. The molecular weight excluding hydrogens is 432 g/mol. The van der Waals surface area contributed by atoms with E-state index in [0.29, 0.717) is 29.0 Å². The maximum atomic E-state index is 13.4. The van der Waals surface area contributed by atoms with Crippen LogP contribution in [0.2, 0.25) is 0 Å². The van der Waals surface area contributed by atoms with Crippen LogP contribution in [0.1, 0.15) is 56.7 Å². The van der Waals surface area contributed by atoms with Crippen molar-refractivity contribution in [1.82, 2.24) is 15.3 Å². The summed E-state index contributed by atoms with van der Waals surface area (Å²) in [5.74, 6) is 2.04. The highest BCUT2D eigenvalue weighted by Crippen LogP contribution is 2.49. The summed E-state index contributed by atoms with van der Waals surface area (Å²) in [6, 6.07) is 5.85. The van der Waals surface area contributed by atoms with E-state index in [-0.39, 0.29) is 11.3 Å². The SMILES string of the molecule is CNC(O)c1ccc(Nc2ncc3c(n2)N(C2CCCC2)CC2(CCC2)C(=O)N3C)c(OC)c1. The number of hydrogen-bond acceptors (Lipinski definition) is 8. The molecule has 0 radical (unpaired) electrons. The summed E-state index contributed by atoms with van der Waals surface area (Å²) < 4.78 is 5.55. The summed E-state index contributed by atoms with van der Waals surface area (Å²) in [6.45, 7) is 0.726. The molecule has 1 aromatic carbocycles. The van der Waals surface area contributed by atoms with Crippen molar-refractivity contribution in [1.29, 1.82) is 0 Å². The van der Waals surface area contributed by atoms with Crippen LogP contribution in [0.5, 0.6) is 5.75 Å². The molecule has 3 aliphatic rings. The van der Waals surface area contributed by atoms with Crippen molar-refractivity contribution in [3.05, 3.63) is 30.0 Å². The Kier molecular flexibility index (Phi) is 6.07. The topological polar surface area (TPSA) is 103 Å². The number of fused-ring (bicyclic) bond motifs is 1. The molecule has 1 aromatic heterocycles. The van der Waals surface area contributed by atoms with Gasteiger partial charge in [-0.2, -0.15) is 4.98 Å². The van der Waals surface area contributed by atoms with Gasteiger partial charge in [0.25, 0.3) is 0 Å². The molecule has 1 atom stereocenters. The molecule has 5 rings (SSSR count). The molecule has 1 amide bonds. The van der Waals surface area contributed by atoms with Gasteiger partial charge >= 0.3 is 0 Å². The molecular formula is C25H34N6O3. The van der Waals surface area contributed by atoms with Crippen LogP contribution in [0.3, 0.4) is 0 Å². The second-order valence-electron chi connectivity index (χ2n) is 9.74. The van der Waals surface area contributed by atoms with Crippen LogP contribution >= 0.6 is 0 Å². The van der Waals surface area contributed by atoms with Crippen molar-refractivity contribution in [2.75, 3.05) is 42.9 Å². The molecule has 1 aliphatic heterocycles. The third kappa shape index (κ3) is 3.86. The smallest absolute Gasteiger partial charge is 0.234 e. The van der Waals surface area contributed by atoms with Gasteiger partial charge in [0.05, 0.1) is 24.4 Å². The summed E-state index contributed by atoms with van der Waals surface area (Å²) >= 11 is 0. The Hall–Kier alpha value is -2.91. The van der Waals surface area contributed by atoms with Crippen LogP contribution in [-0.4, -0.2) is 54.8 Å². The number of benzene rings is 1. The Labute approximate surface area is 200 Å². The molecule has 2 heterocycles. The van der Waals surface area contributed by atoms with Crippen molar-refractivity contribution in [3.63, 3.8) is 0 Å². The predicted octanol–water partition coefficient (Wildman–Crippen LogP) is 3.33. The summed E-state index contributed by atoms with van der Waals surface area (Å²) in [5.41, 5.74) is 1.87. The van der Waals surface area contributed by atoms with Gasteiger partial charge in [0, 0.05) is 19.6 Å². The molecule has 9 heteroatoms. The summed E-state index contributed by atoms with van der Waals surface area (Å²) in [7, 11) is 5.14. The van der Waals surface area contributed by atoms with Gasteiger partial charge in [-0.3, -0.25) is 10.1 Å². The van der Waals surface area contributed by atoms with E-state index in [1.165, 1.54) is 12.8 Å². The molecule has 182 valence electrons. The number of ether oxygens (including phenoxy) is 1. The number of aliphatic hydroxyl groups excluding tert-OH is 1. The fourth-order valence-electron chi connectivity index (χ4n) is 5.57. The number of aliphatic hydroxyl groups is 1. The van der Waals surface area contributed by atoms with Gasteiger partial charge in [-0.1, -0.05) is 25.3 Å². The predicted molar refractivity (Wildman–Crippen MR) is 132 cm³/mol. The van der Waals surface area contributed by atoms with Gasteiger partial charge in [0.15, 0.2) is 5.82 Å². The number of hydrogen-bond donors (Lipinski definition) is 3. The van der Waals surface area contributed by atoms with E-state index in [1.807, 2.05) is 19.2 Å². The molecule has 9 nitrogen and oxygen atoms in total. The molecule has 2 fully saturated rings. The lowest BCUT2D eigenvalue weighted by atomic mass is 9.67. The largest absolute Gasteiger partial charge is 0.495 e. The van der Waals surface area contributed by atoms with E-state index in [0.717, 1.165) is 50.2 Å². The van der Waals surface area contributed by atoms with Gasteiger partial charge in [-0.15, -0.1) is 0 Å². The van der Waals surface area contributed by atoms with E-state index in [2.05, 4.69) is 20.5 Å². The molecule has 0 bridgehead atoms. The highest BCUT2D eigenvalue weighted by Gasteiger charge is 2.51. The third-order valence-electron chi connectivity index (χ3n) is 7.75.